The fourth-order valence-corrected chi connectivity index (χ4v) is 3.89. The lowest BCUT2D eigenvalue weighted by Gasteiger charge is -2.41. The Morgan fingerprint density at radius 3 is 2.50 bits per heavy atom. The molecule has 1 aliphatic heterocycles. The normalized spacial score (nSPS) is 17.7. The van der Waals surface area contributed by atoms with Gasteiger partial charge in [0.25, 0.3) is 0 Å². The summed E-state index contributed by atoms with van der Waals surface area (Å²) in [4.78, 5) is 9.10. The number of oxazole rings is 1. The summed E-state index contributed by atoms with van der Waals surface area (Å²) in [5, 5.41) is 10.8. The van der Waals surface area contributed by atoms with Crippen molar-refractivity contribution in [2.24, 2.45) is 4.99 Å². The predicted octanol–water partition coefficient (Wildman–Crippen LogP) is 3.93. The van der Waals surface area contributed by atoms with Gasteiger partial charge in [0, 0.05) is 43.3 Å². The van der Waals surface area contributed by atoms with Crippen molar-refractivity contribution in [2.75, 3.05) is 26.3 Å². The Morgan fingerprint density at radius 2 is 1.88 bits per heavy atom. The lowest BCUT2D eigenvalue weighted by molar-refractivity contribution is 0.0355. The van der Waals surface area contributed by atoms with E-state index in [1.165, 1.54) is 5.56 Å². The minimum absolute atomic E-state index is 0.0612. The average molecular weight is 442 g/mol. The van der Waals surface area contributed by atoms with Gasteiger partial charge in [-0.25, -0.2) is 9.98 Å². The van der Waals surface area contributed by atoms with E-state index in [0.717, 1.165) is 50.9 Å². The molecule has 3 rings (SSSR count). The highest BCUT2D eigenvalue weighted by molar-refractivity contribution is 5.79. The Labute approximate surface area is 192 Å². The Hall–Kier alpha value is -2.38. The first-order chi connectivity index (χ1) is 15.3. The molecular formula is C25H39N5O2. The summed E-state index contributed by atoms with van der Waals surface area (Å²) >= 11 is 0. The highest BCUT2D eigenvalue weighted by Gasteiger charge is 2.34. The van der Waals surface area contributed by atoms with Gasteiger partial charge in [-0.1, -0.05) is 51.1 Å². The number of ether oxygens (including phenoxy) is 1. The molecule has 1 aliphatic rings. The first kappa shape index (κ1) is 24.3. The molecule has 1 aromatic carbocycles. The zero-order valence-electron chi connectivity index (χ0n) is 20.2. The zero-order chi connectivity index (χ0) is 23.0. The number of aliphatic imine (C=N–C) groups is 1. The van der Waals surface area contributed by atoms with Gasteiger partial charge in [-0.3, -0.25) is 0 Å². The Balaban J connectivity index is 1.66. The monoisotopic (exact) mass is 441 g/mol. The maximum atomic E-state index is 5.89. The average Bonchev–Trinajstić information content (AvgIpc) is 3.27. The highest BCUT2D eigenvalue weighted by Crippen LogP contribution is 2.25. The first-order valence-electron chi connectivity index (χ1n) is 11.7. The van der Waals surface area contributed by atoms with Gasteiger partial charge in [0.2, 0.25) is 5.89 Å². The molecule has 0 spiro atoms. The van der Waals surface area contributed by atoms with E-state index in [9.17, 15) is 0 Å². The maximum Gasteiger partial charge on any atom is 0.216 e. The lowest BCUT2D eigenvalue weighted by atomic mass is 9.88. The summed E-state index contributed by atoms with van der Waals surface area (Å²) in [5.74, 6) is 2.27. The topological polar surface area (TPSA) is 83.7 Å². The number of hydrogen-bond acceptors (Lipinski definition) is 5. The van der Waals surface area contributed by atoms with E-state index in [4.69, 9.17) is 14.1 Å². The van der Waals surface area contributed by atoms with Gasteiger partial charge >= 0.3 is 0 Å². The molecule has 0 radical (unpaired) electrons. The van der Waals surface area contributed by atoms with Crippen LogP contribution in [0.2, 0.25) is 0 Å². The summed E-state index contributed by atoms with van der Waals surface area (Å²) in [6.07, 6.45) is 3.70. The number of hydrogen-bond donors (Lipinski definition) is 3. The van der Waals surface area contributed by atoms with Crippen molar-refractivity contribution in [2.45, 2.75) is 71.0 Å². The van der Waals surface area contributed by atoms with E-state index in [0.29, 0.717) is 12.4 Å². The van der Waals surface area contributed by atoms with E-state index in [-0.39, 0.29) is 17.0 Å². The molecule has 1 atom stereocenters. The number of rotatable bonds is 8. The van der Waals surface area contributed by atoms with Crippen molar-refractivity contribution in [3.05, 3.63) is 53.7 Å². The molecular weight excluding hydrogens is 402 g/mol. The third-order valence-electron chi connectivity index (χ3n) is 5.88. The smallest absolute Gasteiger partial charge is 0.216 e. The van der Waals surface area contributed by atoms with Crippen LogP contribution in [-0.2, 0) is 16.7 Å². The number of aromatic nitrogens is 1. The second-order valence-corrected chi connectivity index (χ2v) is 9.59. The van der Waals surface area contributed by atoms with Crippen LogP contribution in [0.1, 0.15) is 70.7 Å². The van der Waals surface area contributed by atoms with Crippen molar-refractivity contribution in [3.63, 3.8) is 0 Å². The Morgan fingerprint density at radius 1 is 1.16 bits per heavy atom. The van der Waals surface area contributed by atoms with Crippen molar-refractivity contribution in [3.8, 4) is 0 Å². The summed E-state index contributed by atoms with van der Waals surface area (Å²) < 4.78 is 11.6. The van der Waals surface area contributed by atoms with Crippen LogP contribution >= 0.6 is 0 Å². The van der Waals surface area contributed by atoms with Gasteiger partial charge in [0.05, 0.1) is 6.20 Å². The number of benzene rings is 1. The molecule has 1 saturated heterocycles. The van der Waals surface area contributed by atoms with Crippen molar-refractivity contribution < 1.29 is 9.15 Å². The molecule has 2 heterocycles. The minimum atomic E-state index is -0.0635. The largest absolute Gasteiger partial charge is 0.443 e. The van der Waals surface area contributed by atoms with Gasteiger partial charge in [-0.15, -0.1) is 0 Å². The summed E-state index contributed by atoms with van der Waals surface area (Å²) in [5.41, 5.74) is 1.16. The Bertz CT molecular complexity index is 851. The molecule has 7 heteroatoms. The van der Waals surface area contributed by atoms with Gasteiger partial charge in [-0.2, -0.15) is 0 Å². The predicted molar refractivity (Wildman–Crippen MR) is 129 cm³/mol. The van der Waals surface area contributed by atoms with Gasteiger partial charge in [0.1, 0.15) is 12.3 Å². The summed E-state index contributed by atoms with van der Waals surface area (Å²) in [6, 6.07) is 10.8. The van der Waals surface area contributed by atoms with Gasteiger partial charge < -0.3 is 25.1 Å². The fourth-order valence-electron chi connectivity index (χ4n) is 3.89. The van der Waals surface area contributed by atoms with Crippen molar-refractivity contribution in [1.82, 2.24) is 20.9 Å². The van der Waals surface area contributed by atoms with Crippen LogP contribution in [0, 0.1) is 0 Å². The minimum Gasteiger partial charge on any atom is -0.443 e. The standard InChI is InChI=1S/C25H39N5O2/c1-6-26-23(28-17-22-27-16-21(32-22)24(3,4)5)29-18-25(12-14-31-15-13-25)30-19(2)20-10-8-7-9-11-20/h7-11,16,19,30H,6,12-15,17-18H2,1-5H3,(H2,26,28,29). The van der Waals surface area contributed by atoms with Crippen molar-refractivity contribution >= 4 is 5.96 Å². The molecule has 2 aromatic rings. The van der Waals surface area contributed by atoms with E-state index >= 15 is 0 Å². The summed E-state index contributed by atoms with van der Waals surface area (Å²) in [7, 11) is 0. The molecule has 0 bridgehead atoms. The highest BCUT2D eigenvalue weighted by atomic mass is 16.5. The van der Waals surface area contributed by atoms with Crippen LogP contribution in [0.25, 0.3) is 0 Å². The van der Waals surface area contributed by atoms with Gasteiger partial charge in [0.15, 0.2) is 5.96 Å². The van der Waals surface area contributed by atoms with Crippen molar-refractivity contribution in [1.29, 1.82) is 0 Å². The van der Waals surface area contributed by atoms with E-state index < -0.39 is 0 Å². The second-order valence-electron chi connectivity index (χ2n) is 9.59. The van der Waals surface area contributed by atoms with Crippen LogP contribution in [0.3, 0.4) is 0 Å². The van der Waals surface area contributed by atoms with Crippen LogP contribution in [0.4, 0.5) is 0 Å². The number of nitrogens with zero attached hydrogens (tertiary/aromatic N) is 2. The fraction of sp³-hybridized carbons (Fsp3) is 0.600. The van der Waals surface area contributed by atoms with E-state index in [1.54, 1.807) is 6.20 Å². The SMILES string of the molecule is CCNC(=NCc1ncc(C(C)(C)C)o1)NCC1(NC(C)c2ccccc2)CCOCC1. The van der Waals surface area contributed by atoms with Crippen LogP contribution in [0.15, 0.2) is 45.9 Å². The molecule has 1 aromatic heterocycles. The molecule has 0 saturated carbocycles. The molecule has 0 aliphatic carbocycles. The quantitative estimate of drug-likeness (QED) is 0.425. The molecule has 1 unspecified atom stereocenters. The van der Waals surface area contributed by atoms with Crippen LogP contribution < -0.4 is 16.0 Å². The number of nitrogens with one attached hydrogen (secondary N) is 3. The van der Waals surface area contributed by atoms with Crippen LogP contribution in [0.5, 0.6) is 0 Å². The molecule has 7 nitrogen and oxygen atoms in total. The molecule has 3 N–H and O–H groups in total. The third-order valence-corrected chi connectivity index (χ3v) is 5.88. The lowest BCUT2D eigenvalue weighted by Crippen LogP contribution is -2.58. The second kappa shape index (κ2) is 11.0. The Kier molecular flexibility index (Phi) is 8.32. The van der Waals surface area contributed by atoms with Crippen LogP contribution in [-0.4, -0.2) is 42.8 Å². The molecule has 0 amide bonds. The first-order valence-corrected chi connectivity index (χ1v) is 11.7. The molecule has 176 valence electrons. The van der Waals surface area contributed by atoms with Gasteiger partial charge in [-0.05, 0) is 32.3 Å². The maximum absolute atomic E-state index is 5.89. The van der Waals surface area contributed by atoms with E-state index in [2.05, 4.69) is 85.9 Å². The summed E-state index contributed by atoms with van der Waals surface area (Å²) in [6.45, 7) is 14.1. The van der Waals surface area contributed by atoms with E-state index in [1.807, 2.05) is 0 Å². The molecule has 1 fully saturated rings. The number of guanidine groups is 1. The third kappa shape index (κ3) is 6.81. The molecule has 32 heavy (non-hydrogen) atoms. The zero-order valence-corrected chi connectivity index (χ0v) is 20.2.